The van der Waals surface area contributed by atoms with E-state index in [0.717, 1.165) is 12.3 Å². The molecule has 2 heterocycles. The lowest BCUT2D eigenvalue weighted by atomic mass is 10.4. The van der Waals surface area contributed by atoms with Crippen molar-refractivity contribution >= 4 is 0 Å². The molecule has 0 bridgehead atoms. The molecule has 0 unspecified atom stereocenters. The third-order valence-corrected chi connectivity index (χ3v) is 1.82. The molecule has 0 radical (unpaired) electrons. The van der Waals surface area contributed by atoms with Gasteiger partial charge in [-0.25, -0.2) is 4.79 Å². The Morgan fingerprint density at radius 1 is 1.83 bits per heavy atom. The topological polar surface area (TPSA) is 47.4 Å². The third kappa shape index (κ3) is 1.53. The van der Waals surface area contributed by atoms with E-state index in [1.54, 1.807) is 17.7 Å². The fourth-order valence-electron chi connectivity index (χ4n) is 1.05. The Kier molecular flexibility index (Phi) is 1.69. The molecular weight excluding hydrogens is 156 g/mol. The molecule has 0 spiro atoms. The number of epoxide rings is 1. The van der Waals surface area contributed by atoms with Crippen LogP contribution in [0.2, 0.25) is 0 Å². The fraction of sp³-hybridized carbons (Fsp3) is 0.500. The molecule has 1 saturated heterocycles. The zero-order valence-electron chi connectivity index (χ0n) is 6.86. The molecule has 0 saturated carbocycles. The molecule has 1 aliphatic heterocycles. The van der Waals surface area contributed by atoms with E-state index in [9.17, 15) is 4.79 Å². The summed E-state index contributed by atoms with van der Waals surface area (Å²) in [6.07, 6.45) is 1.99. The Morgan fingerprint density at radius 2 is 2.58 bits per heavy atom. The van der Waals surface area contributed by atoms with Gasteiger partial charge in [0.25, 0.3) is 0 Å². The summed E-state index contributed by atoms with van der Waals surface area (Å²) in [7, 11) is 0. The molecule has 0 N–H and O–H groups in total. The number of nitrogens with zero attached hydrogens (tertiary/aromatic N) is 2. The van der Waals surface area contributed by atoms with Gasteiger partial charge >= 0.3 is 5.69 Å². The molecule has 1 aliphatic rings. The van der Waals surface area contributed by atoms with Gasteiger partial charge in [0.05, 0.1) is 19.3 Å². The van der Waals surface area contributed by atoms with Crippen LogP contribution >= 0.6 is 0 Å². The first-order valence-corrected chi connectivity index (χ1v) is 3.91. The number of hydrogen-bond acceptors (Lipinski definition) is 3. The van der Waals surface area contributed by atoms with Crippen LogP contribution in [-0.4, -0.2) is 22.3 Å². The van der Waals surface area contributed by atoms with Gasteiger partial charge in [-0.15, -0.1) is 0 Å². The Hall–Kier alpha value is -1.16. The Morgan fingerprint density at radius 3 is 3.17 bits per heavy atom. The minimum atomic E-state index is -0.189. The van der Waals surface area contributed by atoms with Crippen LogP contribution in [0.25, 0.3) is 0 Å². The van der Waals surface area contributed by atoms with Crippen LogP contribution in [-0.2, 0) is 11.3 Å². The predicted molar refractivity (Wildman–Crippen MR) is 43.0 cm³/mol. The molecule has 1 atom stereocenters. The van der Waals surface area contributed by atoms with Gasteiger partial charge in [-0.05, 0) is 13.0 Å². The Bertz CT molecular complexity index is 341. The minimum Gasteiger partial charge on any atom is -0.371 e. The van der Waals surface area contributed by atoms with Crippen LogP contribution in [0.4, 0.5) is 0 Å². The van der Waals surface area contributed by atoms with Crippen molar-refractivity contribution in [2.45, 2.75) is 19.6 Å². The molecule has 1 aromatic heterocycles. The first-order chi connectivity index (χ1) is 5.75. The standard InChI is InChI=1S/C8H10N2O2/c1-6-2-3-10(8(11)9-6)4-7-5-12-7/h2-3,7H,4-5H2,1H3/t7-/m1/s1. The number of aryl methyl sites for hydroxylation is 1. The maximum atomic E-state index is 11.2. The van der Waals surface area contributed by atoms with Crippen LogP contribution in [0.3, 0.4) is 0 Å². The second-order valence-electron chi connectivity index (χ2n) is 2.96. The molecule has 1 aromatic rings. The summed E-state index contributed by atoms with van der Waals surface area (Å²) >= 11 is 0. The highest BCUT2D eigenvalue weighted by Gasteiger charge is 2.23. The second kappa shape index (κ2) is 2.71. The molecule has 0 aromatic carbocycles. The van der Waals surface area contributed by atoms with Crippen LogP contribution < -0.4 is 5.69 Å². The van der Waals surface area contributed by atoms with Crippen molar-refractivity contribution in [3.8, 4) is 0 Å². The zero-order valence-corrected chi connectivity index (χ0v) is 6.86. The molecule has 0 amide bonds. The lowest BCUT2D eigenvalue weighted by Crippen LogP contribution is -2.24. The first kappa shape index (κ1) is 7.49. The second-order valence-corrected chi connectivity index (χ2v) is 2.96. The lowest BCUT2D eigenvalue weighted by molar-refractivity contribution is 0.378. The van der Waals surface area contributed by atoms with Gasteiger partial charge in [-0.2, -0.15) is 4.98 Å². The van der Waals surface area contributed by atoms with Crippen molar-refractivity contribution in [3.05, 3.63) is 28.4 Å². The van der Waals surface area contributed by atoms with Crippen molar-refractivity contribution in [2.24, 2.45) is 0 Å². The number of rotatable bonds is 2. The summed E-state index contributed by atoms with van der Waals surface area (Å²) in [5.74, 6) is 0. The molecule has 0 aliphatic carbocycles. The molecule has 2 rings (SSSR count). The quantitative estimate of drug-likeness (QED) is 0.579. The SMILES string of the molecule is Cc1ccn(C[C@@H]2CO2)c(=O)n1. The third-order valence-electron chi connectivity index (χ3n) is 1.82. The van der Waals surface area contributed by atoms with Crippen molar-refractivity contribution in [1.82, 2.24) is 9.55 Å². The highest BCUT2D eigenvalue weighted by Crippen LogP contribution is 2.09. The number of aromatic nitrogens is 2. The van der Waals surface area contributed by atoms with Gasteiger partial charge in [0.2, 0.25) is 0 Å². The van der Waals surface area contributed by atoms with E-state index in [-0.39, 0.29) is 11.8 Å². The molecule has 64 valence electrons. The van der Waals surface area contributed by atoms with Crippen molar-refractivity contribution in [1.29, 1.82) is 0 Å². The van der Waals surface area contributed by atoms with Crippen LogP contribution in [0, 0.1) is 6.92 Å². The smallest absolute Gasteiger partial charge is 0.347 e. The summed E-state index contributed by atoms with van der Waals surface area (Å²) in [5.41, 5.74) is 0.568. The maximum Gasteiger partial charge on any atom is 0.347 e. The largest absolute Gasteiger partial charge is 0.371 e. The summed E-state index contributed by atoms with van der Waals surface area (Å²) in [6.45, 7) is 3.20. The number of ether oxygens (including phenoxy) is 1. The average molecular weight is 166 g/mol. The van der Waals surface area contributed by atoms with Crippen molar-refractivity contribution < 1.29 is 4.74 Å². The van der Waals surface area contributed by atoms with Gasteiger partial charge in [0, 0.05) is 11.9 Å². The molecule has 4 nitrogen and oxygen atoms in total. The molecule has 1 fully saturated rings. The Labute approximate surface area is 69.8 Å². The van der Waals surface area contributed by atoms with Crippen molar-refractivity contribution in [3.63, 3.8) is 0 Å². The maximum absolute atomic E-state index is 11.2. The summed E-state index contributed by atoms with van der Waals surface area (Å²) in [6, 6.07) is 1.82. The lowest BCUT2D eigenvalue weighted by Gasteiger charge is -2.00. The highest BCUT2D eigenvalue weighted by atomic mass is 16.6. The van der Waals surface area contributed by atoms with Gasteiger partial charge in [0.15, 0.2) is 0 Å². The van der Waals surface area contributed by atoms with Gasteiger partial charge in [-0.1, -0.05) is 0 Å². The van der Waals surface area contributed by atoms with Crippen LogP contribution in [0.1, 0.15) is 5.69 Å². The van der Waals surface area contributed by atoms with Gasteiger partial charge in [0.1, 0.15) is 0 Å². The summed E-state index contributed by atoms with van der Waals surface area (Å²) in [5, 5.41) is 0. The molecular formula is C8H10N2O2. The molecule has 4 heteroatoms. The van der Waals surface area contributed by atoms with E-state index in [1.807, 2.05) is 6.07 Å². The Balaban J connectivity index is 2.24. The molecule has 12 heavy (non-hydrogen) atoms. The average Bonchev–Trinajstić information content (AvgIpc) is 2.79. The normalized spacial score (nSPS) is 20.9. The fourth-order valence-corrected chi connectivity index (χ4v) is 1.05. The zero-order chi connectivity index (χ0) is 8.55. The van der Waals surface area contributed by atoms with E-state index < -0.39 is 0 Å². The van der Waals surface area contributed by atoms with Crippen LogP contribution in [0.15, 0.2) is 17.1 Å². The van der Waals surface area contributed by atoms with E-state index in [4.69, 9.17) is 4.74 Å². The van der Waals surface area contributed by atoms with E-state index in [2.05, 4.69) is 4.98 Å². The number of hydrogen-bond donors (Lipinski definition) is 0. The van der Waals surface area contributed by atoms with Gasteiger partial charge < -0.3 is 4.74 Å². The summed E-state index contributed by atoms with van der Waals surface area (Å²) in [4.78, 5) is 15.0. The van der Waals surface area contributed by atoms with E-state index in [1.165, 1.54) is 0 Å². The van der Waals surface area contributed by atoms with E-state index >= 15 is 0 Å². The van der Waals surface area contributed by atoms with Crippen molar-refractivity contribution in [2.75, 3.05) is 6.61 Å². The first-order valence-electron chi connectivity index (χ1n) is 3.91. The monoisotopic (exact) mass is 166 g/mol. The van der Waals surface area contributed by atoms with E-state index in [0.29, 0.717) is 6.54 Å². The van der Waals surface area contributed by atoms with Gasteiger partial charge in [-0.3, -0.25) is 4.57 Å². The minimum absolute atomic E-state index is 0.189. The summed E-state index contributed by atoms with van der Waals surface area (Å²) < 4.78 is 6.58. The highest BCUT2D eigenvalue weighted by molar-refractivity contribution is 4.96. The predicted octanol–water partition coefficient (Wildman–Crippen LogP) is -0.0495. The van der Waals surface area contributed by atoms with Crippen LogP contribution in [0.5, 0.6) is 0 Å².